The van der Waals surface area contributed by atoms with Gasteiger partial charge in [0.1, 0.15) is 5.75 Å². The van der Waals surface area contributed by atoms with Crippen LogP contribution in [0.5, 0.6) is 5.75 Å². The van der Waals surface area contributed by atoms with E-state index in [1.165, 1.54) is 0 Å². The summed E-state index contributed by atoms with van der Waals surface area (Å²) in [6, 6.07) is 10.6. The zero-order chi connectivity index (χ0) is 14.0. The van der Waals surface area contributed by atoms with E-state index < -0.39 is 0 Å². The Morgan fingerprint density at radius 1 is 1.21 bits per heavy atom. The Labute approximate surface area is 120 Å². The third-order valence-electron chi connectivity index (χ3n) is 2.91. The SMILES string of the molecule is Cc1ccc(NC(=O)c2cccc(Br)c2C)c(O)c1. The van der Waals surface area contributed by atoms with Crippen molar-refractivity contribution in [1.29, 1.82) is 0 Å². The molecule has 0 fully saturated rings. The molecule has 0 bridgehead atoms. The van der Waals surface area contributed by atoms with Crippen molar-refractivity contribution in [3.8, 4) is 5.75 Å². The van der Waals surface area contributed by atoms with Gasteiger partial charge in [0, 0.05) is 10.0 Å². The molecule has 4 heteroatoms. The van der Waals surface area contributed by atoms with Crippen molar-refractivity contribution in [1.82, 2.24) is 0 Å². The standard InChI is InChI=1S/C15H14BrNO2/c1-9-6-7-13(14(18)8-9)17-15(19)11-4-3-5-12(16)10(11)2/h3-8,18H,1-2H3,(H,17,19). The van der Waals surface area contributed by atoms with Gasteiger partial charge in [0.05, 0.1) is 5.69 Å². The molecule has 0 radical (unpaired) electrons. The van der Waals surface area contributed by atoms with Gasteiger partial charge in [-0.05, 0) is 49.2 Å². The highest BCUT2D eigenvalue weighted by Crippen LogP contribution is 2.26. The lowest BCUT2D eigenvalue weighted by molar-refractivity contribution is 0.102. The molecule has 98 valence electrons. The van der Waals surface area contributed by atoms with Crippen LogP contribution in [0, 0.1) is 13.8 Å². The molecule has 2 N–H and O–H groups in total. The lowest BCUT2D eigenvalue weighted by Gasteiger charge is -2.10. The second-order valence-electron chi connectivity index (χ2n) is 4.39. The number of phenols is 1. The number of nitrogens with one attached hydrogen (secondary N) is 1. The highest BCUT2D eigenvalue weighted by atomic mass is 79.9. The fourth-order valence-electron chi connectivity index (χ4n) is 1.79. The summed E-state index contributed by atoms with van der Waals surface area (Å²) < 4.78 is 0.883. The van der Waals surface area contributed by atoms with E-state index in [0.717, 1.165) is 15.6 Å². The number of hydrogen-bond donors (Lipinski definition) is 2. The van der Waals surface area contributed by atoms with E-state index in [2.05, 4.69) is 21.2 Å². The Bertz CT molecular complexity index is 638. The van der Waals surface area contributed by atoms with E-state index in [0.29, 0.717) is 11.3 Å². The molecule has 0 aliphatic heterocycles. The Kier molecular flexibility index (Phi) is 3.90. The van der Waals surface area contributed by atoms with Crippen LogP contribution in [0.25, 0.3) is 0 Å². The zero-order valence-electron chi connectivity index (χ0n) is 10.7. The normalized spacial score (nSPS) is 10.3. The van der Waals surface area contributed by atoms with Crippen LogP contribution in [0.2, 0.25) is 0 Å². The van der Waals surface area contributed by atoms with Crippen molar-refractivity contribution in [2.45, 2.75) is 13.8 Å². The molecule has 0 aliphatic carbocycles. The first kappa shape index (κ1) is 13.6. The van der Waals surface area contributed by atoms with E-state index in [-0.39, 0.29) is 11.7 Å². The van der Waals surface area contributed by atoms with Crippen molar-refractivity contribution < 1.29 is 9.90 Å². The van der Waals surface area contributed by atoms with Crippen molar-refractivity contribution >= 4 is 27.5 Å². The second kappa shape index (κ2) is 5.45. The molecule has 0 saturated carbocycles. The van der Waals surface area contributed by atoms with E-state index in [9.17, 15) is 9.90 Å². The topological polar surface area (TPSA) is 49.3 Å². The van der Waals surface area contributed by atoms with E-state index in [1.807, 2.05) is 26.0 Å². The number of amides is 1. The average Bonchev–Trinajstić information content (AvgIpc) is 2.36. The Morgan fingerprint density at radius 3 is 2.63 bits per heavy atom. The number of carbonyl (C=O) groups is 1. The summed E-state index contributed by atoms with van der Waals surface area (Å²) in [5, 5.41) is 12.5. The summed E-state index contributed by atoms with van der Waals surface area (Å²) >= 11 is 3.39. The van der Waals surface area contributed by atoms with Gasteiger partial charge in [0.2, 0.25) is 0 Å². The van der Waals surface area contributed by atoms with E-state index >= 15 is 0 Å². The first-order valence-electron chi connectivity index (χ1n) is 5.85. The first-order valence-corrected chi connectivity index (χ1v) is 6.64. The van der Waals surface area contributed by atoms with E-state index in [4.69, 9.17) is 0 Å². The van der Waals surface area contributed by atoms with Crippen LogP contribution in [-0.2, 0) is 0 Å². The predicted octanol–water partition coefficient (Wildman–Crippen LogP) is 4.02. The van der Waals surface area contributed by atoms with Gasteiger partial charge in [-0.2, -0.15) is 0 Å². The van der Waals surface area contributed by atoms with E-state index in [1.54, 1.807) is 24.3 Å². The number of carbonyl (C=O) groups excluding carboxylic acids is 1. The molecule has 0 saturated heterocycles. The highest BCUT2D eigenvalue weighted by Gasteiger charge is 2.12. The van der Waals surface area contributed by atoms with Crippen molar-refractivity contribution in [2.75, 3.05) is 5.32 Å². The number of phenolic OH excluding ortho intramolecular Hbond substituents is 1. The van der Waals surface area contributed by atoms with Crippen LogP contribution in [0.4, 0.5) is 5.69 Å². The molecule has 0 atom stereocenters. The predicted molar refractivity (Wildman–Crippen MR) is 79.7 cm³/mol. The molecule has 0 spiro atoms. The van der Waals surface area contributed by atoms with Crippen LogP contribution in [-0.4, -0.2) is 11.0 Å². The summed E-state index contributed by atoms with van der Waals surface area (Å²) in [6.07, 6.45) is 0. The van der Waals surface area contributed by atoms with Gasteiger partial charge >= 0.3 is 0 Å². The van der Waals surface area contributed by atoms with Gasteiger partial charge in [-0.3, -0.25) is 4.79 Å². The minimum atomic E-state index is -0.238. The molecule has 0 aromatic heterocycles. The zero-order valence-corrected chi connectivity index (χ0v) is 12.3. The average molecular weight is 320 g/mol. The van der Waals surface area contributed by atoms with Crippen molar-refractivity contribution in [3.63, 3.8) is 0 Å². The molecule has 1 amide bonds. The number of hydrogen-bond acceptors (Lipinski definition) is 2. The number of anilines is 1. The molecule has 19 heavy (non-hydrogen) atoms. The summed E-state index contributed by atoms with van der Waals surface area (Å²) in [5.41, 5.74) is 2.80. The summed E-state index contributed by atoms with van der Waals surface area (Å²) in [4.78, 5) is 12.2. The molecular formula is C15H14BrNO2. The lowest BCUT2D eigenvalue weighted by atomic mass is 10.1. The van der Waals surface area contributed by atoms with Crippen LogP contribution in [0.15, 0.2) is 40.9 Å². The fraction of sp³-hybridized carbons (Fsp3) is 0.133. The number of aryl methyl sites for hydroxylation is 1. The summed E-state index contributed by atoms with van der Waals surface area (Å²) in [6.45, 7) is 3.75. The molecule has 2 aromatic carbocycles. The monoisotopic (exact) mass is 319 g/mol. The quantitative estimate of drug-likeness (QED) is 0.821. The largest absolute Gasteiger partial charge is 0.506 e. The summed E-state index contributed by atoms with van der Waals surface area (Å²) in [5.74, 6) is -0.168. The molecule has 0 aliphatic rings. The van der Waals surface area contributed by atoms with Gasteiger partial charge in [-0.15, -0.1) is 0 Å². The third kappa shape index (κ3) is 2.96. The van der Waals surface area contributed by atoms with Gasteiger partial charge in [0.25, 0.3) is 5.91 Å². The maximum atomic E-state index is 12.2. The highest BCUT2D eigenvalue weighted by molar-refractivity contribution is 9.10. The number of rotatable bonds is 2. The minimum absolute atomic E-state index is 0.0704. The number of aromatic hydroxyl groups is 1. The lowest BCUT2D eigenvalue weighted by Crippen LogP contribution is -2.13. The number of halogens is 1. The Balaban J connectivity index is 2.28. The van der Waals surface area contributed by atoms with Gasteiger partial charge in [0.15, 0.2) is 0 Å². The van der Waals surface area contributed by atoms with Crippen LogP contribution in [0.1, 0.15) is 21.5 Å². The minimum Gasteiger partial charge on any atom is -0.506 e. The maximum absolute atomic E-state index is 12.2. The molecule has 2 rings (SSSR count). The van der Waals surface area contributed by atoms with Crippen LogP contribution < -0.4 is 5.32 Å². The molecule has 3 nitrogen and oxygen atoms in total. The van der Waals surface area contributed by atoms with Crippen LogP contribution >= 0.6 is 15.9 Å². The Hall–Kier alpha value is -1.81. The molecule has 0 heterocycles. The molecule has 0 unspecified atom stereocenters. The second-order valence-corrected chi connectivity index (χ2v) is 5.24. The molecule has 2 aromatic rings. The fourth-order valence-corrected chi connectivity index (χ4v) is 2.16. The maximum Gasteiger partial charge on any atom is 0.256 e. The van der Waals surface area contributed by atoms with Crippen molar-refractivity contribution in [3.05, 3.63) is 57.6 Å². The van der Waals surface area contributed by atoms with Crippen LogP contribution in [0.3, 0.4) is 0 Å². The Morgan fingerprint density at radius 2 is 1.95 bits per heavy atom. The van der Waals surface area contributed by atoms with Crippen molar-refractivity contribution in [2.24, 2.45) is 0 Å². The van der Waals surface area contributed by atoms with Gasteiger partial charge in [-0.25, -0.2) is 0 Å². The van der Waals surface area contributed by atoms with Gasteiger partial charge < -0.3 is 10.4 Å². The van der Waals surface area contributed by atoms with Gasteiger partial charge in [-0.1, -0.05) is 28.1 Å². The third-order valence-corrected chi connectivity index (χ3v) is 3.77. The molecular weight excluding hydrogens is 306 g/mol. The smallest absolute Gasteiger partial charge is 0.256 e. The first-order chi connectivity index (χ1) is 8.99. The number of benzene rings is 2. The summed E-state index contributed by atoms with van der Waals surface area (Å²) in [7, 11) is 0.